The van der Waals surface area contributed by atoms with Crippen molar-refractivity contribution in [2.45, 2.75) is 64.6 Å². The van der Waals surface area contributed by atoms with E-state index in [4.69, 9.17) is 11.6 Å². The molecule has 0 saturated heterocycles. The van der Waals surface area contributed by atoms with Gasteiger partial charge in [0.25, 0.3) is 10.0 Å². The zero-order chi connectivity index (χ0) is 29.6. The Morgan fingerprint density at radius 3 is 2.25 bits per heavy atom. The standard InChI is InChI=1S/C30H35BrClN3O4S/c1-6-22(4)33-30(37)23(5)34(18-24-8-7-9-25(31)17-24)29(36)19-35(27-13-10-20(2)21(3)16-27)40(38,39)28-14-11-26(32)12-15-28/h7-17,22-23H,6,18-19H2,1-5H3,(H,33,37)/t22-,23+/m1/s1. The second-order valence-electron chi connectivity index (χ2n) is 9.88. The van der Waals surface area contributed by atoms with E-state index in [2.05, 4.69) is 21.2 Å². The number of rotatable bonds is 11. The molecule has 2 atom stereocenters. The van der Waals surface area contributed by atoms with E-state index < -0.39 is 28.5 Å². The van der Waals surface area contributed by atoms with Gasteiger partial charge in [-0.05, 0) is 99.3 Å². The first-order valence-corrected chi connectivity index (χ1v) is 15.6. The molecule has 0 fully saturated rings. The molecule has 3 rings (SSSR count). The van der Waals surface area contributed by atoms with E-state index in [0.717, 1.165) is 31.9 Å². The van der Waals surface area contributed by atoms with Crippen LogP contribution >= 0.6 is 27.5 Å². The fraction of sp³-hybridized carbons (Fsp3) is 0.333. The predicted octanol–water partition coefficient (Wildman–Crippen LogP) is 6.25. The van der Waals surface area contributed by atoms with Crippen molar-refractivity contribution in [1.82, 2.24) is 10.2 Å². The highest BCUT2D eigenvalue weighted by molar-refractivity contribution is 9.10. The van der Waals surface area contributed by atoms with Crippen molar-refractivity contribution in [1.29, 1.82) is 0 Å². The molecule has 3 aromatic rings. The summed E-state index contributed by atoms with van der Waals surface area (Å²) in [7, 11) is -4.16. The van der Waals surface area contributed by atoms with E-state index in [0.29, 0.717) is 10.7 Å². The Hall–Kier alpha value is -2.88. The first-order chi connectivity index (χ1) is 18.8. The number of anilines is 1. The van der Waals surface area contributed by atoms with Gasteiger partial charge in [-0.25, -0.2) is 8.42 Å². The number of hydrogen-bond acceptors (Lipinski definition) is 4. The molecule has 0 aliphatic carbocycles. The summed E-state index contributed by atoms with van der Waals surface area (Å²) in [6.07, 6.45) is 0.734. The van der Waals surface area contributed by atoms with Crippen molar-refractivity contribution in [2.75, 3.05) is 10.8 Å². The van der Waals surface area contributed by atoms with Crippen LogP contribution in [0.15, 0.2) is 76.1 Å². The van der Waals surface area contributed by atoms with Gasteiger partial charge in [0.05, 0.1) is 10.6 Å². The van der Waals surface area contributed by atoms with E-state index in [1.54, 1.807) is 19.1 Å². The average Bonchev–Trinajstić information content (AvgIpc) is 2.91. The third kappa shape index (κ3) is 7.86. The lowest BCUT2D eigenvalue weighted by molar-refractivity contribution is -0.139. The smallest absolute Gasteiger partial charge is 0.264 e. The van der Waals surface area contributed by atoms with Gasteiger partial charge in [-0.15, -0.1) is 0 Å². The van der Waals surface area contributed by atoms with Crippen molar-refractivity contribution in [2.24, 2.45) is 0 Å². The van der Waals surface area contributed by atoms with Crippen LogP contribution in [-0.4, -0.2) is 43.8 Å². The number of carbonyl (C=O) groups is 2. The molecule has 0 bridgehead atoms. The van der Waals surface area contributed by atoms with Crippen molar-refractivity contribution in [3.63, 3.8) is 0 Å². The molecule has 1 N–H and O–H groups in total. The Morgan fingerprint density at radius 1 is 0.975 bits per heavy atom. The molecule has 0 unspecified atom stereocenters. The van der Waals surface area contributed by atoms with Crippen LogP contribution in [0.25, 0.3) is 0 Å². The summed E-state index contributed by atoms with van der Waals surface area (Å²) in [6, 6.07) is 17.6. The Labute approximate surface area is 250 Å². The number of nitrogens with one attached hydrogen (secondary N) is 1. The third-order valence-corrected chi connectivity index (χ3v) is 9.40. The second kappa shape index (κ2) is 13.7. The molecular formula is C30H35BrClN3O4S. The number of benzene rings is 3. The highest BCUT2D eigenvalue weighted by Crippen LogP contribution is 2.27. The molecule has 3 aromatic carbocycles. The maximum absolute atomic E-state index is 14.0. The lowest BCUT2D eigenvalue weighted by Gasteiger charge is -2.32. The Morgan fingerprint density at radius 2 is 1.65 bits per heavy atom. The van der Waals surface area contributed by atoms with Crippen LogP contribution in [0.3, 0.4) is 0 Å². The summed E-state index contributed by atoms with van der Waals surface area (Å²) in [5, 5.41) is 3.33. The third-order valence-electron chi connectivity index (χ3n) is 6.87. The number of amides is 2. The van der Waals surface area contributed by atoms with Crippen LogP contribution in [0, 0.1) is 13.8 Å². The van der Waals surface area contributed by atoms with E-state index >= 15 is 0 Å². The van der Waals surface area contributed by atoms with Crippen LogP contribution in [0.5, 0.6) is 0 Å². The first kappa shape index (κ1) is 31.6. The minimum atomic E-state index is -4.16. The molecule has 0 aliphatic rings. The molecule has 7 nitrogen and oxygen atoms in total. The molecule has 2 amide bonds. The van der Waals surface area contributed by atoms with Crippen LogP contribution < -0.4 is 9.62 Å². The number of nitrogens with zero attached hydrogens (tertiary/aromatic N) is 2. The Kier molecular flexibility index (Phi) is 10.8. The summed E-state index contributed by atoms with van der Waals surface area (Å²) < 4.78 is 29.8. The zero-order valence-corrected chi connectivity index (χ0v) is 26.5. The lowest BCUT2D eigenvalue weighted by Crippen LogP contribution is -2.52. The van der Waals surface area contributed by atoms with Gasteiger partial charge in [-0.1, -0.05) is 52.7 Å². The van der Waals surface area contributed by atoms with Gasteiger partial charge in [-0.3, -0.25) is 13.9 Å². The first-order valence-electron chi connectivity index (χ1n) is 13.0. The minimum absolute atomic E-state index is 0.00373. The Bertz CT molecular complexity index is 1460. The van der Waals surface area contributed by atoms with Gasteiger partial charge in [0.15, 0.2) is 0 Å². The van der Waals surface area contributed by atoms with Crippen molar-refractivity contribution in [3.8, 4) is 0 Å². The number of hydrogen-bond donors (Lipinski definition) is 1. The molecule has 0 spiro atoms. The minimum Gasteiger partial charge on any atom is -0.352 e. The summed E-state index contributed by atoms with van der Waals surface area (Å²) in [6.45, 7) is 8.95. The molecule has 40 heavy (non-hydrogen) atoms. The van der Waals surface area contributed by atoms with Crippen molar-refractivity contribution in [3.05, 3.63) is 92.9 Å². The van der Waals surface area contributed by atoms with E-state index in [-0.39, 0.29) is 23.4 Å². The number of carbonyl (C=O) groups excluding carboxylic acids is 2. The topological polar surface area (TPSA) is 86.8 Å². The van der Waals surface area contributed by atoms with Gasteiger partial charge < -0.3 is 10.2 Å². The van der Waals surface area contributed by atoms with Crippen LogP contribution in [0.1, 0.15) is 43.9 Å². The van der Waals surface area contributed by atoms with E-state index in [9.17, 15) is 18.0 Å². The SMILES string of the molecule is CC[C@@H](C)NC(=O)[C@H](C)N(Cc1cccc(Br)c1)C(=O)CN(c1ccc(C)c(C)c1)S(=O)(=O)c1ccc(Cl)cc1. The molecule has 0 saturated carbocycles. The van der Waals surface area contributed by atoms with Gasteiger partial charge in [-0.2, -0.15) is 0 Å². The van der Waals surface area contributed by atoms with Gasteiger partial charge in [0.2, 0.25) is 11.8 Å². The lowest BCUT2D eigenvalue weighted by atomic mass is 10.1. The van der Waals surface area contributed by atoms with Gasteiger partial charge in [0, 0.05) is 22.1 Å². The van der Waals surface area contributed by atoms with Crippen LogP contribution in [0.2, 0.25) is 5.02 Å². The quantitative estimate of drug-likeness (QED) is 0.267. The van der Waals surface area contributed by atoms with Crippen LogP contribution in [-0.2, 0) is 26.2 Å². The molecular weight excluding hydrogens is 614 g/mol. The summed E-state index contributed by atoms with van der Waals surface area (Å²) in [5.41, 5.74) is 3.02. The molecule has 0 radical (unpaired) electrons. The largest absolute Gasteiger partial charge is 0.352 e. The van der Waals surface area contributed by atoms with Crippen molar-refractivity contribution >= 4 is 55.1 Å². The zero-order valence-electron chi connectivity index (χ0n) is 23.3. The number of aryl methyl sites for hydroxylation is 2. The molecule has 0 heterocycles. The summed E-state index contributed by atoms with van der Waals surface area (Å²) in [4.78, 5) is 28.6. The van der Waals surface area contributed by atoms with Crippen LogP contribution in [0.4, 0.5) is 5.69 Å². The Balaban J connectivity index is 2.05. The highest BCUT2D eigenvalue weighted by atomic mass is 79.9. The highest BCUT2D eigenvalue weighted by Gasteiger charge is 2.33. The van der Waals surface area contributed by atoms with Crippen molar-refractivity contribution < 1.29 is 18.0 Å². The van der Waals surface area contributed by atoms with E-state index in [1.807, 2.05) is 58.0 Å². The maximum atomic E-state index is 14.0. The fourth-order valence-corrected chi connectivity index (χ4v) is 6.00. The molecule has 0 aliphatic heterocycles. The molecule has 214 valence electrons. The second-order valence-corrected chi connectivity index (χ2v) is 13.1. The normalized spacial score (nSPS) is 12.9. The summed E-state index contributed by atoms with van der Waals surface area (Å²) in [5.74, 6) is -0.821. The predicted molar refractivity (Wildman–Crippen MR) is 164 cm³/mol. The monoisotopic (exact) mass is 647 g/mol. The van der Waals surface area contributed by atoms with E-state index in [1.165, 1.54) is 29.2 Å². The maximum Gasteiger partial charge on any atom is 0.264 e. The van der Waals surface area contributed by atoms with Gasteiger partial charge in [0.1, 0.15) is 12.6 Å². The van der Waals surface area contributed by atoms with Gasteiger partial charge >= 0.3 is 0 Å². The molecule has 10 heteroatoms. The molecule has 0 aromatic heterocycles. The fourth-order valence-electron chi connectivity index (χ4n) is 4.02. The number of sulfonamides is 1. The number of halogens is 2. The average molecular weight is 649 g/mol. The summed E-state index contributed by atoms with van der Waals surface area (Å²) >= 11 is 9.47.